The van der Waals surface area contributed by atoms with Gasteiger partial charge in [-0.1, -0.05) is 53.7 Å². The number of hydrogen-bond acceptors (Lipinski definition) is 4. The summed E-state index contributed by atoms with van der Waals surface area (Å²) in [6.07, 6.45) is 0.786. The summed E-state index contributed by atoms with van der Waals surface area (Å²) in [7, 11) is -1.89. The molecule has 2 fully saturated rings. The fourth-order valence-corrected chi connectivity index (χ4v) is 4.51. The molecule has 2 aliphatic rings. The lowest BCUT2D eigenvalue weighted by Gasteiger charge is -2.56. The monoisotopic (exact) mass is 364 g/mol. The minimum absolute atomic E-state index is 0.156. The molecule has 25 heavy (non-hydrogen) atoms. The van der Waals surface area contributed by atoms with Gasteiger partial charge in [-0.3, -0.25) is 0 Å². The van der Waals surface area contributed by atoms with E-state index in [0.717, 1.165) is 17.7 Å². The Morgan fingerprint density at radius 2 is 1.72 bits per heavy atom. The molecule has 140 valence electrons. The van der Waals surface area contributed by atoms with Gasteiger partial charge in [-0.15, -0.1) is 0 Å². The summed E-state index contributed by atoms with van der Waals surface area (Å²) in [5.74, 6) is 0.166. The zero-order chi connectivity index (χ0) is 18.7. The first-order chi connectivity index (χ1) is 11.3. The fourth-order valence-electron chi connectivity index (χ4n) is 3.49. The van der Waals surface area contributed by atoms with Crippen molar-refractivity contribution in [1.82, 2.24) is 0 Å². The summed E-state index contributed by atoms with van der Waals surface area (Å²) in [6.45, 7) is 18.3. The van der Waals surface area contributed by atoms with Crippen LogP contribution in [0.1, 0.15) is 53.5 Å². The molecule has 2 unspecified atom stereocenters. The van der Waals surface area contributed by atoms with Crippen LogP contribution in [0.15, 0.2) is 24.3 Å². The first-order valence-corrected chi connectivity index (χ1v) is 12.1. The standard InChI is InChI=1S/C20H32O4Si/c1-17(2,3)20-19(23-24-20,12-13-21-20)15-10-9-11-16(14-15)22-25(7,8)18(4,5)6/h9-11,14H,12-13H2,1-8H3. The molecule has 4 nitrogen and oxygen atoms in total. The molecule has 0 saturated carbocycles. The van der Waals surface area contributed by atoms with E-state index in [1.54, 1.807) is 0 Å². The Labute approximate surface area is 152 Å². The van der Waals surface area contributed by atoms with Crippen molar-refractivity contribution in [3.05, 3.63) is 29.8 Å². The highest BCUT2D eigenvalue weighted by Crippen LogP contribution is 2.62. The smallest absolute Gasteiger partial charge is 0.250 e. The summed E-state index contributed by atoms with van der Waals surface area (Å²) in [5, 5.41) is 0.156. The van der Waals surface area contributed by atoms with Gasteiger partial charge in [0.2, 0.25) is 14.1 Å². The van der Waals surface area contributed by atoms with Crippen LogP contribution in [-0.4, -0.2) is 20.7 Å². The molecule has 1 aromatic carbocycles. The minimum atomic E-state index is -1.89. The van der Waals surface area contributed by atoms with Crippen LogP contribution in [0, 0.1) is 5.41 Å². The van der Waals surface area contributed by atoms with Gasteiger partial charge in [0, 0.05) is 11.8 Å². The van der Waals surface area contributed by atoms with Crippen LogP contribution in [0.3, 0.4) is 0 Å². The van der Waals surface area contributed by atoms with Crippen molar-refractivity contribution in [3.8, 4) is 5.75 Å². The highest BCUT2D eigenvalue weighted by atomic mass is 28.4. The number of benzene rings is 1. The van der Waals surface area contributed by atoms with E-state index in [2.05, 4.69) is 66.8 Å². The van der Waals surface area contributed by atoms with E-state index in [0.29, 0.717) is 6.61 Å². The quantitative estimate of drug-likeness (QED) is 0.532. The Hall–Kier alpha value is -0.883. The third kappa shape index (κ3) is 2.67. The van der Waals surface area contributed by atoms with Gasteiger partial charge in [-0.2, -0.15) is 4.89 Å². The summed E-state index contributed by atoms with van der Waals surface area (Å²) < 4.78 is 12.6. The predicted octanol–water partition coefficient (Wildman–Crippen LogP) is 5.39. The molecule has 2 heterocycles. The topological polar surface area (TPSA) is 36.9 Å². The lowest BCUT2D eigenvalue weighted by molar-refractivity contribution is -0.619. The SMILES string of the molecule is CC(C)(C)C12OCCC1(c1cccc(O[Si](C)(C)C(C)(C)C)c1)OO2. The summed E-state index contributed by atoms with van der Waals surface area (Å²) in [4.78, 5) is 11.3. The molecule has 2 saturated heterocycles. The van der Waals surface area contributed by atoms with E-state index >= 15 is 0 Å². The van der Waals surface area contributed by atoms with Crippen LogP contribution >= 0.6 is 0 Å². The third-order valence-electron chi connectivity index (χ3n) is 6.06. The van der Waals surface area contributed by atoms with Crippen LogP contribution in [0.5, 0.6) is 5.75 Å². The Kier molecular flexibility index (Phi) is 4.20. The van der Waals surface area contributed by atoms with Crippen LogP contribution in [0.4, 0.5) is 0 Å². The zero-order valence-corrected chi connectivity index (χ0v) is 17.9. The maximum atomic E-state index is 6.49. The largest absolute Gasteiger partial charge is 0.543 e. The molecule has 2 atom stereocenters. The van der Waals surface area contributed by atoms with Gasteiger partial charge in [-0.25, -0.2) is 4.89 Å². The molecule has 3 rings (SSSR count). The average molecular weight is 365 g/mol. The molecular weight excluding hydrogens is 332 g/mol. The molecule has 0 radical (unpaired) electrons. The van der Waals surface area contributed by atoms with Crippen molar-refractivity contribution in [2.24, 2.45) is 5.41 Å². The van der Waals surface area contributed by atoms with Gasteiger partial charge in [0.1, 0.15) is 5.75 Å². The second-order valence-corrected chi connectivity index (χ2v) is 14.6. The Balaban J connectivity index is 1.95. The summed E-state index contributed by atoms with van der Waals surface area (Å²) in [5.41, 5.74) is 0.318. The molecule has 0 amide bonds. The Bertz CT molecular complexity index is 658. The van der Waals surface area contributed by atoms with E-state index < -0.39 is 19.7 Å². The number of hydrogen-bond donors (Lipinski definition) is 0. The molecule has 0 aliphatic carbocycles. The van der Waals surface area contributed by atoms with Crippen molar-refractivity contribution in [2.45, 2.75) is 77.5 Å². The lowest BCUT2D eigenvalue weighted by atomic mass is 9.70. The van der Waals surface area contributed by atoms with Gasteiger partial charge in [0.15, 0.2) is 5.60 Å². The maximum absolute atomic E-state index is 6.49. The molecule has 0 spiro atoms. The summed E-state index contributed by atoms with van der Waals surface area (Å²) >= 11 is 0. The van der Waals surface area contributed by atoms with Crippen LogP contribution < -0.4 is 4.43 Å². The second-order valence-electron chi connectivity index (χ2n) is 9.85. The molecular formula is C20H32O4Si. The van der Waals surface area contributed by atoms with Crippen molar-refractivity contribution in [3.63, 3.8) is 0 Å². The number of fused-ring (bicyclic) bond motifs is 1. The van der Waals surface area contributed by atoms with E-state index in [1.165, 1.54) is 0 Å². The van der Waals surface area contributed by atoms with E-state index in [4.69, 9.17) is 18.9 Å². The van der Waals surface area contributed by atoms with E-state index in [9.17, 15) is 0 Å². The zero-order valence-electron chi connectivity index (χ0n) is 16.9. The molecule has 0 aromatic heterocycles. The molecule has 1 aromatic rings. The first kappa shape index (κ1) is 18.9. The van der Waals surface area contributed by atoms with E-state index in [1.807, 2.05) is 12.1 Å². The Morgan fingerprint density at radius 1 is 1.04 bits per heavy atom. The molecule has 5 heteroatoms. The minimum Gasteiger partial charge on any atom is -0.543 e. The predicted molar refractivity (Wildman–Crippen MR) is 101 cm³/mol. The first-order valence-electron chi connectivity index (χ1n) is 9.15. The fraction of sp³-hybridized carbons (Fsp3) is 0.700. The van der Waals surface area contributed by atoms with Crippen molar-refractivity contribution >= 4 is 8.32 Å². The summed E-state index contributed by atoms with van der Waals surface area (Å²) in [6, 6.07) is 8.28. The van der Waals surface area contributed by atoms with Crippen molar-refractivity contribution in [1.29, 1.82) is 0 Å². The van der Waals surface area contributed by atoms with Crippen molar-refractivity contribution < 1.29 is 18.9 Å². The van der Waals surface area contributed by atoms with Gasteiger partial charge >= 0.3 is 0 Å². The lowest BCUT2D eigenvalue weighted by Crippen LogP contribution is -2.68. The highest BCUT2D eigenvalue weighted by Gasteiger charge is 2.74. The van der Waals surface area contributed by atoms with Crippen LogP contribution in [-0.2, 0) is 20.1 Å². The number of rotatable bonds is 3. The molecule has 2 aliphatic heterocycles. The highest BCUT2D eigenvalue weighted by molar-refractivity contribution is 6.74. The van der Waals surface area contributed by atoms with Gasteiger partial charge in [0.25, 0.3) is 0 Å². The second kappa shape index (κ2) is 5.56. The van der Waals surface area contributed by atoms with Gasteiger partial charge in [0.05, 0.1) is 6.61 Å². The molecule has 0 bridgehead atoms. The van der Waals surface area contributed by atoms with Crippen LogP contribution in [0.2, 0.25) is 18.1 Å². The van der Waals surface area contributed by atoms with Crippen molar-refractivity contribution in [2.75, 3.05) is 6.61 Å². The Morgan fingerprint density at radius 3 is 2.24 bits per heavy atom. The van der Waals surface area contributed by atoms with Crippen LogP contribution in [0.25, 0.3) is 0 Å². The van der Waals surface area contributed by atoms with E-state index in [-0.39, 0.29) is 10.5 Å². The average Bonchev–Trinajstić information content (AvgIpc) is 2.69. The van der Waals surface area contributed by atoms with Gasteiger partial charge < -0.3 is 9.16 Å². The molecule has 0 N–H and O–H groups in total. The third-order valence-corrected chi connectivity index (χ3v) is 10.4. The normalized spacial score (nSPS) is 29.9. The van der Waals surface area contributed by atoms with Gasteiger partial charge in [-0.05, 0) is 35.8 Å². The maximum Gasteiger partial charge on any atom is 0.250 e. The number of ether oxygens (including phenoxy) is 1.